The molecule has 0 aromatic heterocycles. The molecule has 2 aromatic rings. The van der Waals surface area contributed by atoms with Crippen LogP contribution in [0.2, 0.25) is 0 Å². The van der Waals surface area contributed by atoms with E-state index in [-0.39, 0.29) is 6.04 Å². The summed E-state index contributed by atoms with van der Waals surface area (Å²) in [6.45, 7) is 6.59. The molecule has 1 aliphatic heterocycles. The van der Waals surface area contributed by atoms with E-state index in [0.717, 1.165) is 22.3 Å². The molecule has 0 radical (unpaired) electrons. The third-order valence-corrected chi connectivity index (χ3v) is 5.28. The van der Waals surface area contributed by atoms with Crippen LogP contribution in [-0.2, 0) is 17.3 Å². The number of anilines is 1. The molecule has 3 rings (SSSR count). The summed E-state index contributed by atoms with van der Waals surface area (Å²) in [7, 11) is 1.91. The number of alkyl halides is 2. The van der Waals surface area contributed by atoms with Crippen molar-refractivity contribution in [3.8, 4) is 0 Å². The van der Waals surface area contributed by atoms with Gasteiger partial charge in [-0.3, -0.25) is 0 Å². The van der Waals surface area contributed by atoms with Crippen LogP contribution in [0.3, 0.4) is 0 Å². The smallest absolute Gasteiger partial charge is 0.379 e. The van der Waals surface area contributed by atoms with Crippen LogP contribution < -0.4 is 5.01 Å². The second kappa shape index (κ2) is 6.36. The monoisotopic (exact) mass is 360 g/mol. The molecule has 1 unspecified atom stereocenters. The van der Waals surface area contributed by atoms with Crippen molar-refractivity contribution in [3.05, 3.63) is 64.2 Å². The van der Waals surface area contributed by atoms with Gasteiger partial charge in [0.15, 0.2) is 0 Å². The highest BCUT2D eigenvalue weighted by atomic mass is 19.3. The maximum Gasteiger partial charge on any atom is 0.379 e. The lowest BCUT2D eigenvalue weighted by molar-refractivity contribution is -0.166. The van der Waals surface area contributed by atoms with Crippen molar-refractivity contribution in [3.63, 3.8) is 0 Å². The van der Waals surface area contributed by atoms with Gasteiger partial charge in [0.1, 0.15) is 0 Å². The maximum absolute atomic E-state index is 14.0. The van der Waals surface area contributed by atoms with Crippen LogP contribution in [0.5, 0.6) is 0 Å². The van der Waals surface area contributed by atoms with E-state index in [2.05, 4.69) is 0 Å². The third-order valence-electron chi connectivity index (χ3n) is 5.28. The summed E-state index contributed by atoms with van der Waals surface area (Å²) in [6.07, 6.45) is 0. The molecular formula is C20H22F2N2O2. The number of rotatable bonds is 4. The molecular weight excluding hydrogens is 338 g/mol. The minimum atomic E-state index is -3.91. The van der Waals surface area contributed by atoms with Gasteiger partial charge in [-0.25, -0.2) is 9.80 Å². The number of carbonyl (C=O) groups is 1. The van der Waals surface area contributed by atoms with E-state index in [1.165, 1.54) is 12.1 Å². The molecule has 4 nitrogen and oxygen atoms in total. The first-order chi connectivity index (χ1) is 12.1. The van der Waals surface area contributed by atoms with Gasteiger partial charge in [-0.1, -0.05) is 30.3 Å². The van der Waals surface area contributed by atoms with Crippen LogP contribution in [0.15, 0.2) is 36.4 Å². The lowest BCUT2D eigenvalue weighted by atomic mass is 10.0. The maximum atomic E-state index is 14.0. The summed E-state index contributed by atoms with van der Waals surface area (Å²) < 4.78 is 28.0. The van der Waals surface area contributed by atoms with E-state index in [9.17, 15) is 13.6 Å². The Labute approximate surface area is 151 Å². The Hall–Kier alpha value is -2.47. The van der Waals surface area contributed by atoms with Crippen LogP contribution in [0, 0.1) is 13.8 Å². The predicted octanol–water partition coefficient (Wildman–Crippen LogP) is 4.41. The van der Waals surface area contributed by atoms with Crippen molar-refractivity contribution in [2.24, 2.45) is 0 Å². The Kier molecular flexibility index (Phi) is 4.48. The fourth-order valence-electron chi connectivity index (χ4n) is 3.46. The lowest BCUT2D eigenvalue weighted by Crippen LogP contribution is -2.36. The second-order valence-electron chi connectivity index (χ2n) is 6.83. The van der Waals surface area contributed by atoms with Crippen molar-refractivity contribution in [2.75, 3.05) is 12.1 Å². The number of fused-ring (bicyclic) bond motifs is 1. The van der Waals surface area contributed by atoms with E-state index >= 15 is 0 Å². The van der Waals surface area contributed by atoms with Crippen LogP contribution >= 0.6 is 0 Å². The average Bonchev–Trinajstić information content (AvgIpc) is 2.82. The Morgan fingerprint density at radius 3 is 2.38 bits per heavy atom. The number of hydrogen-bond acceptors (Lipinski definition) is 3. The van der Waals surface area contributed by atoms with Crippen LogP contribution in [0.1, 0.15) is 40.8 Å². The highest BCUT2D eigenvalue weighted by Crippen LogP contribution is 2.43. The van der Waals surface area contributed by atoms with Crippen LogP contribution in [-0.4, -0.2) is 23.1 Å². The van der Waals surface area contributed by atoms with Gasteiger partial charge >= 0.3 is 11.9 Å². The molecule has 6 heteroatoms. The average molecular weight is 360 g/mol. The summed E-state index contributed by atoms with van der Waals surface area (Å²) in [5.74, 6) is -6.05. The molecule has 1 heterocycles. The van der Waals surface area contributed by atoms with Crippen molar-refractivity contribution in [1.29, 1.82) is 0 Å². The number of aliphatic carboxylic acids is 1. The van der Waals surface area contributed by atoms with E-state index in [1.54, 1.807) is 6.07 Å². The lowest BCUT2D eigenvalue weighted by Gasteiger charge is -2.30. The fourth-order valence-corrected chi connectivity index (χ4v) is 3.46. The van der Waals surface area contributed by atoms with Crippen LogP contribution in [0.25, 0.3) is 0 Å². The van der Waals surface area contributed by atoms with Gasteiger partial charge in [-0.2, -0.15) is 8.78 Å². The molecule has 0 amide bonds. The van der Waals surface area contributed by atoms with Crippen LogP contribution in [0.4, 0.5) is 14.5 Å². The molecule has 1 atom stereocenters. The first kappa shape index (κ1) is 18.3. The zero-order chi connectivity index (χ0) is 19.2. The number of carboxylic acids is 1. The highest BCUT2D eigenvalue weighted by molar-refractivity contribution is 5.78. The van der Waals surface area contributed by atoms with E-state index in [4.69, 9.17) is 5.11 Å². The highest BCUT2D eigenvalue weighted by Gasteiger charge is 2.43. The van der Waals surface area contributed by atoms with E-state index in [0.29, 0.717) is 12.2 Å². The number of aryl methyl sites for hydroxylation is 2. The molecule has 26 heavy (non-hydrogen) atoms. The summed E-state index contributed by atoms with van der Waals surface area (Å²) >= 11 is 0. The third kappa shape index (κ3) is 2.84. The minimum Gasteiger partial charge on any atom is -0.477 e. The molecule has 0 saturated heterocycles. The predicted molar refractivity (Wildman–Crippen MR) is 96.2 cm³/mol. The number of halogens is 2. The quantitative estimate of drug-likeness (QED) is 0.877. The Bertz CT molecular complexity index is 847. The summed E-state index contributed by atoms with van der Waals surface area (Å²) in [5.41, 5.74) is 4.43. The normalized spacial score (nSPS) is 17.5. The van der Waals surface area contributed by atoms with Crippen molar-refractivity contribution < 1.29 is 18.7 Å². The Balaban J connectivity index is 2.06. The zero-order valence-corrected chi connectivity index (χ0v) is 15.3. The van der Waals surface area contributed by atoms with Crippen molar-refractivity contribution in [2.45, 2.75) is 39.3 Å². The number of hydrazine groups is 1. The van der Waals surface area contributed by atoms with Gasteiger partial charge in [-0.15, -0.1) is 0 Å². The Morgan fingerprint density at radius 1 is 1.19 bits per heavy atom. The zero-order valence-electron chi connectivity index (χ0n) is 15.3. The number of carboxylic acid groups (broad SMARTS) is 1. The number of hydrogen-bond donors (Lipinski definition) is 1. The SMILES string of the molecule is Cc1cccc(C)c1CN1c2cc(C(F)(F)C(=O)O)ccc2C(C)N1C. The molecule has 0 fully saturated rings. The fraction of sp³-hybridized carbons (Fsp3) is 0.350. The number of nitrogens with zero attached hydrogens (tertiary/aromatic N) is 2. The van der Waals surface area contributed by atoms with Gasteiger partial charge in [-0.05, 0) is 49.1 Å². The number of benzene rings is 2. The topological polar surface area (TPSA) is 43.8 Å². The molecule has 0 bridgehead atoms. The van der Waals surface area contributed by atoms with Crippen molar-refractivity contribution in [1.82, 2.24) is 5.01 Å². The first-order valence-electron chi connectivity index (χ1n) is 8.45. The summed E-state index contributed by atoms with van der Waals surface area (Å²) in [6, 6.07) is 10.2. The largest absolute Gasteiger partial charge is 0.477 e. The van der Waals surface area contributed by atoms with E-state index in [1.807, 2.05) is 56.0 Å². The molecule has 0 saturated carbocycles. The molecule has 2 aromatic carbocycles. The van der Waals surface area contributed by atoms with Gasteiger partial charge in [0.2, 0.25) is 0 Å². The van der Waals surface area contributed by atoms with Gasteiger partial charge < -0.3 is 10.1 Å². The summed E-state index contributed by atoms with van der Waals surface area (Å²) in [4.78, 5) is 10.9. The second-order valence-corrected chi connectivity index (χ2v) is 6.83. The van der Waals surface area contributed by atoms with E-state index < -0.39 is 17.5 Å². The molecule has 0 aliphatic carbocycles. The summed E-state index contributed by atoms with van der Waals surface area (Å²) in [5, 5.41) is 12.8. The van der Waals surface area contributed by atoms with Gasteiger partial charge in [0.05, 0.1) is 18.3 Å². The van der Waals surface area contributed by atoms with Gasteiger partial charge in [0.25, 0.3) is 0 Å². The molecule has 1 N–H and O–H groups in total. The molecule has 138 valence electrons. The Morgan fingerprint density at radius 2 is 1.81 bits per heavy atom. The standard InChI is InChI=1S/C20H22F2N2O2/c1-12-6-5-7-13(2)17(12)11-24-18-10-15(20(21,22)19(25)26)8-9-16(18)14(3)23(24)4/h5-10,14H,11H2,1-4H3,(H,25,26). The van der Waals surface area contributed by atoms with Gasteiger partial charge in [0, 0.05) is 12.6 Å². The first-order valence-corrected chi connectivity index (χ1v) is 8.45. The molecule has 1 aliphatic rings. The minimum absolute atomic E-state index is 0.0156. The molecule has 0 spiro atoms. The van der Waals surface area contributed by atoms with Crippen molar-refractivity contribution >= 4 is 11.7 Å².